The van der Waals surface area contributed by atoms with E-state index in [9.17, 15) is 33.6 Å². The summed E-state index contributed by atoms with van der Waals surface area (Å²) in [5.41, 5.74) is 44.5. The van der Waals surface area contributed by atoms with Crippen LogP contribution in [0.25, 0.3) is 0 Å². The van der Waals surface area contributed by atoms with Crippen molar-refractivity contribution in [1.29, 1.82) is 0 Å². The summed E-state index contributed by atoms with van der Waals surface area (Å²) in [5.74, 6) is -1.64. The Morgan fingerprint density at radius 3 is 0.496 bits per heavy atom. The van der Waals surface area contributed by atoms with Crippen LogP contribution in [0.15, 0.2) is 0 Å². The lowest BCUT2D eigenvalue weighted by molar-refractivity contribution is -0.145. The SMILES string of the molecule is CCCCOC(=O)CN(CCOCCNC(=O)CN(CCOCCNC(=O)CN(CCOCCN)CCOCCN)CCOCCNC(=O)CN(CCOCCN)CCOCCN)CCOCCNC(=O)CN(CCOCCNC(=O)CN(CCOCCN)CCOCCN)CCOCCNC(=O)CN(CCOCCN)CCOCCN. The summed E-state index contributed by atoms with van der Waals surface area (Å²) in [5, 5.41) is 17.4. The van der Waals surface area contributed by atoms with Gasteiger partial charge in [-0.1, -0.05) is 13.3 Å². The van der Waals surface area contributed by atoms with Crippen LogP contribution in [0, 0.1) is 0 Å². The van der Waals surface area contributed by atoms with Crippen LogP contribution >= 0.6 is 0 Å². The highest BCUT2D eigenvalue weighted by Crippen LogP contribution is 2.01. The molecule has 0 bridgehead atoms. The third-order valence-electron chi connectivity index (χ3n) is 16.6. The van der Waals surface area contributed by atoms with Crippen LogP contribution in [-0.4, -0.2) is 496 Å². The number of nitrogens with zero attached hydrogens (tertiary/aromatic N) is 7. The molecule has 0 aromatic carbocycles. The van der Waals surface area contributed by atoms with Crippen molar-refractivity contribution >= 4 is 41.4 Å². The predicted molar refractivity (Wildman–Crippen MR) is 443 cm³/mol. The van der Waals surface area contributed by atoms with Crippen LogP contribution in [0.1, 0.15) is 19.8 Å². The van der Waals surface area contributed by atoms with Crippen molar-refractivity contribution < 1.29 is 105 Å². The first kappa shape index (κ1) is 112. The molecular weight excluding hydrogens is 1530 g/mol. The Bertz CT molecular complexity index is 2000. The third kappa shape index (κ3) is 78.2. The molecule has 0 radical (unpaired) electrons. The Morgan fingerprint density at radius 1 is 0.205 bits per heavy atom. The fourth-order valence-corrected chi connectivity index (χ4v) is 10.4. The molecule has 0 aliphatic heterocycles. The Kier molecular flexibility index (Phi) is 83.8. The molecule has 0 unspecified atom stereocenters. The molecule has 117 heavy (non-hydrogen) atoms. The van der Waals surface area contributed by atoms with Crippen LogP contribution < -0.4 is 77.8 Å². The molecule has 0 saturated heterocycles. The first-order chi connectivity index (χ1) is 57.2. The molecule has 0 aliphatic carbocycles. The molecule has 43 nitrogen and oxygen atoms in total. The Balaban J connectivity index is 5.69. The average molecular weight is 1690 g/mol. The first-order valence-electron chi connectivity index (χ1n) is 41.7. The van der Waals surface area contributed by atoms with Gasteiger partial charge in [-0.3, -0.25) is 67.9 Å². The molecule has 0 aromatic heterocycles. The van der Waals surface area contributed by atoms with Gasteiger partial charge in [-0.05, 0) is 6.42 Å². The Labute approximate surface area is 696 Å². The minimum absolute atomic E-state index is 0.00632. The zero-order valence-corrected chi connectivity index (χ0v) is 70.9. The van der Waals surface area contributed by atoms with Crippen molar-refractivity contribution in [2.75, 3.05) is 421 Å². The van der Waals surface area contributed by atoms with Crippen LogP contribution in [0.4, 0.5) is 0 Å². The van der Waals surface area contributed by atoms with Gasteiger partial charge in [0.05, 0.1) is 237 Å². The van der Waals surface area contributed by atoms with Gasteiger partial charge < -0.3 is 149 Å². The van der Waals surface area contributed by atoms with Gasteiger partial charge in [0.15, 0.2) is 0 Å². The van der Waals surface area contributed by atoms with E-state index < -0.39 is 0 Å². The number of nitrogens with one attached hydrogen (secondary N) is 6. The van der Waals surface area contributed by atoms with E-state index in [1.165, 1.54) is 0 Å². The summed E-state index contributed by atoms with van der Waals surface area (Å²) in [4.78, 5) is 105. The normalized spacial score (nSPS) is 11.7. The molecule has 0 heterocycles. The molecule has 0 atom stereocenters. The van der Waals surface area contributed by atoms with E-state index >= 15 is 0 Å². The Morgan fingerprint density at radius 2 is 0.350 bits per heavy atom. The van der Waals surface area contributed by atoms with Gasteiger partial charge in [-0.15, -0.1) is 0 Å². The number of hydrogen-bond donors (Lipinski definition) is 14. The van der Waals surface area contributed by atoms with E-state index in [0.29, 0.717) is 256 Å². The number of hydrogen-bond acceptors (Lipinski definition) is 37. The zero-order valence-electron chi connectivity index (χ0n) is 70.9. The summed E-state index contributed by atoms with van der Waals surface area (Å²) in [6.07, 6.45) is 1.59. The predicted octanol–water partition coefficient (Wildman–Crippen LogP) is -9.96. The lowest BCUT2D eigenvalue weighted by Crippen LogP contribution is -2.43. The highest BCUT2D eigenvalue weighted by Gasteiger charge is 2.19. The average Bonchev–Trinajstić information content (AvgIpc) is 0.986. The standard InChI is InChI=1S/C74H157N21O22/c1-2-3-32-117-74(102)67-95(30-59-115-45-16-87-72(100)65-93(26-55-111-41-12-83-68(96)61-89(18-47-103-33-4-75)19-48-104-34-5-76)27-56-112-42-13-84-69(97)62-90(20-49-105-35-6-77)21-50-106-36-7-78)31-60-116-46-17-88-73(101)66-94(28-57-113-43-14-85-70(98)63-91(22-51-107-37-8-79)23-52-108-38-9-80)29-58-114-44-15-86-71(99)64-92(24-53-109-39-10-81)25-54-110-40-11-82/h2-67,75-82H2,1H3,(H,83,96)(H,84,97)(H,85,98)(H,86,99)(H,87,100)(H,88,101). The fourth-order valence-electron chi connectivity index (χ4n) is 10.4. The van der Waals surface area contributed by atoms with Gasteiger partial charge in [0, 0.05) is 183 Å². The van der Waals surface area contributed by atoms with E-state index in [4.69, 9.17) is 117 Å². The van der Waals surface area contributed by atoms with E-state index in [-0.39, 0.29) is 206 Å². The quantitative estimate of drug-likeness (QED) is 0.0199. The number of ether oxygens (including phenoxy) is 15. The summed E-state index contributed by atoms with van der Waals surface area (Å²) in [7, 11) is 0. The van der Waals surface area contributed by atoms with Crippen molar-refractivity contribution in [1.82, 2.24) is 66.2 Å². The van der Waals surface area contributed by atoms with Gasteiger partial charge in [0.25, 0.3) is 0 Å². The molecule has 690 valence electrons. The van der Waals surface area contributed by atoms with E-state index in [0.717, 1.165) is 12.8 Å². The molecule has 43 heteroatoms. The van der Waals surface area contributed by atoms with Crippen LogP contribution in [0.5, 0.6) is 0 Å². The summed E-state index contributed by atoms with van der Waals surface area (Å²) >= 11 is 0. The highest BCUT2D eigenvalue weighted by atomic mass is 16.5. The maximum Gasteiger partial charge on any atom is 0.320 e. The number of unbranched alkanes of at least 4 members (excludes halogenated alkanes) is 1. The highest BCUT2D eigenvalue weighted by molar-refractivity contribution is 5.80. The van der Waals surface area contributed by atoms with Crippen LogP contribution in [0.3, 0.4) is 0 Å². The number of carbonyl (C=O) groups excluding carboxylic acids is 7. The number of rotatable bonds is 93. The second kappa shape index (κ2) is 87.5. The largest absolute Gasteiger partial charge is 0.465 e. The van der Waals surface area contributed by atoms with Gasteiger partial charge in [0.2, 0.25) is 35.4 Å². The molecule has 0 fully saturated rings. The van der Waals surface area contributed by atoms with Gasteiger partial charge in [-0.2, -0.15) is 0 Å². The minimum atomic E-state index is -0.387. The molecule has 6 amide bonds. The molecule has 0 aliphatic rings. The minimum Gasteiger partial charge on any atom is -0.465 e. The van der Waals surface area contributed by atoms with E-state index in [1.54, 1.807) is 0 Å². The maximum absolute atomic E-state index is 13.4. The number of nitrogens with two attached hydrogens (primary N) is 8. The molecule has 0 spiro atoms. The van der Waals surface area contributed by atoms with Gasteiger partial charge in [0.1, 0.15) is 0 Å². The van der Waals surface area contributed by atoms with Crippen molar-refractivity contribution in [2.45, 2.75) is 19.8 Å². The Hall–Kier alpha value is -4.87. The maximum atomic E-state index is 13.4. The lowest BCUT2D eigenvalue weighted by atomic mass is 10.4. The molecule has 0 rings (SSSR count). The number of carbonyl (C=O) groups is 7. The van der Waals surface area contributed by atoms with Crippen LogP contribution in [0.2, 0.25) is 0 Å². The monoisotopic (exact) mass is 1690 g/mol. The zero-order chi connectivity index (χ0) is 85.6. The molecule has 0 saturated carbocycles. The van der Waals surface area contributed by atoms with Crippen molar-refractivity contribution in [3.8, 4) is 0 Å². The van der Waals surface area contributed by atoms with Crippen molar-refractivity contribution in [3.05, 3.63) is 0 Å². The first-order valence-corrected chi connectivity index (χ1v) is 41.7. The molecule has 22 N–H and O–H groups in total. The number of esters is 1. The van der Waals surface area contributed by atoms with Gasteiger partial charge >= 0.3 is 5.97 Å². The number of amides is 6. The summed E-state index contributed by atoms with van der Waals surface area (Å²) in [6, 6.07) is 0. The van der Waals surface area contributed by atoms with Crippen molar-refractivity contribution in [3.63, 3.8) is 0 Å². The van der Waals surface area contributed by atoms with E-state index in [2.05, 4.69) is 31.9 Å². The van der Waals surface area contributed by atoms with E-state index in [1.807, 2.05) is 41.2 Å². The topological polar surface area (TPSA) is 561 Å². The third-order valence-corrected chi connectivity index (χ3v) is 16.6. The second-order valence-corrected chi connectivity index (χ2v) is 26.5. The van der Waals surface area contributed by atoms with Crippen LogP contribution in [-0.2, 0) is 105 Å². The summed E-state index contributed by atoms with van der Waals surface area (Å²) in [6.45, 7) is 23.3. The lowest BCUT2D eigenvalue weighted by Gasteiger charge is -2.23. The van der Waals surface area contributed by atoms with Crippen molar-refractivity contribution in [2.24, 2.45) is 45.9 Å². The fraction of sp³-hybridized carbons (Fsp3) is 0.905. The second-order valence-electron chi connectivity index (χ2n) is 26.5. The molecule has 0 aromatic rings. The smallest absolute Gasteiger partial charge is 0.320 e. The van der Waals surface area contributed by atoms with Gasteiger partial charge in [-0.25, -0.2) is 0 Å². The summed E-state index contributed by atoms with van der Waals surface area (Å²) < 4.78 is 85.2. The molecular formula is C74H157N21O22.